The fraction of sp³-hybridized carbons (Fsp3) is 0.522. The van der Waals surface area contributed by atoms with Gasteiger partial charge in [-0.05, 0) is 12.8 Å². The SMILES string of the molecule is C=C1[C@@H]2C[C@H]3N(CC2=CCOC)[C@@H]1C[C@]31C(=O)Nc2c(OC)cc(OC)c(OC)c21. The number of hydrogen-bond donors (Lipinski definition) is 1. The van der Waals surface area contributed by atoms with Crippen LogP contribution in [0.1, 0.15) is 18.4 Å². The highest BCUT2D eigenvalue weighted by Crippen LogP contribution is 2.64. The van der Waals surface area contributed by atoms with Gasteiger partial charge in [0.15, 0.2) is 11.5 Å². The van der Waals surface area contributed by atoms with Crippen LogP contribution in [0.5, 0.6) is 17.2 Å². The largest absolute Gasteiger partial charge is 0.494 e. The molecule has 1 aromatic rings. The monoisotopic (exact) mass is 412 g/mol. The molecule has 5 atom stereocenters. The molecule has 0 radical (unpaired) electrons. The Kier molecular flexibility index (Phi) is 4.38. The Hall–Kier alpha value is -2.51. The van der Waals surface area contributed by atoms with Crippen molar-refractivity contribution in [1.29, 1.82) is 0 Å². The van der Waals surface area contributed by atoms with Crippen molar-refractivity contribution in [3.05, 3.63) is 35.4 Å². The zero-order valence-electron chi connectivity index (χ0n) is 17.9. The number of nitrogens with zero attached hydrogens (tertiary/aromatic N) is 1. The molecule has 1 amide bonds. The lowest BCUT2D eigenvalue weighted by Crippen LogP contribution is -2.56. The Labute approximate surface area is 176 Å². The van der Waals surface area contributed by atoms with E-state index < -0.39 is 5.41 Å². The maximum Gasteiger partial charge on any atom is 0.237 e. The summed E-state index contributed by atoms with van der Waals surface area (Å²) >= 11 is 0. The first-order chi connectivity index (χ1) is 14.5. The van der Waals surface area contributed by atoms with Crippen LogP contribution in [0, 0.1) is 5.92 Å². The number of hydrogen-bond acceptors (Lipinski definition) is 6. The van der Waals surface area contributed by atoms with E-state index in [0.717, 1.165) is 18.5 Å². The van der Waals surface area contributed by atoms with Crippen LogP contribution in [0.15, 0.2) is 29.9 Å². The van der Waals surface area contributed by atoms with Gasteiger partial charge in [0.1, 0.15) is 5.75 Å². The number of nitrogens with one attached hydrogen (secondary N) is 1. The van der Waals surface area contributed by atoms with Crippen molar-refractivity contribution in [2.24, 2.45) is 5.92 Å². The van der Waals surface area contributed by atoms with Gasteiger partial charge in [-0.2, -0.15) is 0 Å². The number of carbonyl (C=O) groups is 1. The maximum atomic E-state index is 13.6. The van der Waals surface area contributed by atoms with Crippen LogP contribution in [0.25, 0.3) is 0 Å². The molecule has 4 bridgehead atoms. The predicted molar refractivity (Wildman–Crippen MR) is 113 cm³/mol. The Balaban J connectivity index is 1.67. The lowest BCUT2D eigenvalue weighted by Gasteiger charge is -2.49. The van der Waals surface area contributed by atoms with Gasteiger partial charge in [-0.25, -0.2) is 0 Å². The van der Waals surface area contributed by atoms with E-state index in [0.29, 0.717) is 36.0 Å². The van der Waals surface area contributed by atoms with E-state index >= 15 is 0 Å². The second kappa shape index (κ2) is 6.75. The van der Waals surface area contributed by atoms with Gasteiger partial charge in [0.25, 0.3) is 0 Å². The molecule has 4 saturated heterocycles. The number of methoxy groups -OCH3 is 4. The van der Waals surface area contributed by atoms with Gasteiger partial charge in [0.05, 0.1) is 39.0 Å². The van der Waals surface area contributed by atoms with Crippen molar-refractivity contribution in [3.63, 3.8) is 0 Å². The lowest BCUT2D eigenvalue weighted by molar-refractivity contribution is -0.122. The molecule has 7 nitrogen and oxygen atoms in total. The van der Waals surface area contributed by atoms with Crippen LogP contribution in [0.4, 0.5) is 5.69 Å². The summed E-state index contributed by atoms with van der Waals surface area (Å²) in [7, 11) is 6.54. The Bertz CT molecular complexity index is 971. The highest BCUT2D eigenvalue weighted by molar-refractivity contribution is 6.10. The first kappa shape index (κ1) is 19.5. The smallest absolute Gasteiger partial charge is 0.237 e. The van der Waals surface area contributed by atoms with E-state index in [1.807, 2.05) is 0 Å². The molecule has 30 heavy (non-hydrogen) atoms. The first-order valence-corrected chi connectivity index (χ1v) is 10.3. The summed E-state index contributed by atoms with van der Waals surface area (Å²) in [5, 5.41) is 3.12. The van der Waals surface area contributed by atoms with Gasteiger partial charge in [-0.1, -0.05) is 23.8 Å². The van der Waals surface area contributed by atoms with Crippen LogP contribution < -0.4 is 19.5 Å². The summed E-state index contributed by atoms with van der Waals surface area (Å²) in [6, 6.07) is 2.02. The number of piperidine rings is 3. The molecule has 1 N–H and O–H groups in total. The molecular weight excluding hydrogens is 384 g/mol. The molecular formula is C23H28N2O5. The molecule has 4 fully saturated rings. The molecule has 5 heterocycles. The first-order valence-electron chi connectivity index (χ1n) is 10.3. The van der Waals surface area contributed by atoms with Crippen molar-refractivity contribution >= 4 is 11.6 Å². The number of carbonyl (C=O) groups excluding carboxylic acids is 1. The van der Waals surface area contributed by atoms with E-state index in [2.05, 4.69) is 22.9 Å². The second-order valence-electron chi connectivity index (χ2n) is 8.50. The normalized spacial score (nSPS) is 34.5. The summed E-state index contributed by atoms with van der Waals surface area (Å²) in [6.07, 6.45) is 3.72. The third kappa shape index (κ3) is 2.25. The molecule has 1 spiro atoms. The number of rotatable bonds is 5. The van der Waals surface area contributed by atoms with E-state index in [1.165, 1.54) is 11.1 Å². The van der Waals surface area contributed by atoms with Crippen molar-refractivity contribution in [1.82, 2.24) is 4.90 Å². The molecule has 5 aliphatic rings. The number of anilines is 1. The van der Waals surface area contributed by atoms with Crippen LogP contribution in [-0.4, -0.2) is 64.5 Å². The molecule has 6 rings (SSSR count). The molecule has 0 aromatic heterocycles. The molecule has 160 valence electrons. The summed E-state index contributed by atoms with van der Waals surface area (Å²) < 4.78 is 22.3. The predicted octanol–water partition coefficient (Wildman–Crippen LogP) is 2.51. The summed E-state index contributed by atoms with van der Waals surface area (Å²) in [6.45, 7) is 5.88. The van der Waals surface area contributed by atoms with E-state index in [4.69, 9.17) is 18.9 Å². The van der Waals surface area contributed by atoms with Gasteiger partial charge in [-0.15, -0.1) is 0 Å². The van der Waals surface area contributed by atoms with E-state index in [1.54, 1.807) is 34.5 Å². The highest BCUT2D eigenvalue weighted by Gasteiger charge is 2.67. The summed E-state index contributed by atoms with van der Waals surface area (Å²) in [5.74, 6) is 2.07. The Morgan fingerprint density at radius 3 is 2.67 bits per heavy atom. The fourth-order valence-corrected chi connectivity index (χ4v) is 6.21. The zero-order chi connectivity index (χ0) is 21.2. The third-order valence-corrected chi connectivity index (χ3v) is 7.49. The number of ether oxygens (including phenoxy) is 4. The van der Waals surface area contributed by atoms with E-state index in [9.17, 15) is 4.79 Å². The van der Waals surface area contributed by atoms with Gasteiger partial charge >= 0.3 is 0 Å². The zero-order valence-corrected chi connectivity index (χ0v) is 17.9. The number of amides is 1. The molecule has 7 heteroatoms. The molecule has 0 aliphatic carbocycles. The summed E-state index contributed by atoms with van der Waals surface area (Å²) in [5.41, 5.74) is 3.40. The minimum absolute atomic E-state index is 0.0117. The number of benzene rings is 1. The maximum absolute atomic E-state index is 13.6. The average molecular weight is 412 g/mol. The third-order valence-electron chi connectivity index (χ3n) is 7.49. The van der Waals surface area contributed by atoms with Crippen molar-refractivity contribution < 1.29 is 23.7 Å². The summed E-state index contributed by atoms with van der Waals surface area (Å²) in [4.78, 5) is 16.1. The van der Waals surface area contributed by atoms with Crippen LogP contribution in [-0.2, 0) is 14.9 Å². The Morgan fingerprint density at radius 1 is 1.23 bits per heavy atom. The minimum atomic E-state index is -0.711. The van der Waals surface area contributed by atoms with Crippen molar-refractivity contribution in [2.45, 2.75) is 30.3 Å². The van der Waals surface area contributed by atoms with Crippen LogP contribution in [0.3, 0.4) is 0 Å². The highest BCUT2D eigenvalue weighted by atomic mass is 16.5. The topological polar surface area (TPSA) is 69.3 Å². The molecule has 5 aliphatic heterocycles. The second-order valence-corrected chi connectivity index (χ2v) is 8.50. The van der Waals surface area contributed by atoms with Gasteiger partial charge in [0, 0.05) is 43.3 Å². The average Bonchev–Trinajstić information content (AvgIpc) is 3.21. The van der Waals surface area contributed by atoms with Crippen molar-refractivity contribution in [2.75, 3.05) is 46.9 Å². The quantitative estimate of drug-likeness (QED) is 0.750. The minimum Gasteiger partial charge on any atom is -0.494 e. The molecule has 1 unspecified atom stereocenters. The Morgan fingerprint density at radius 2 is 2.00 bits per heavy atom. The fourth-order valence-electron chi connectivity index (χ4n) is 6.21. The molecule has 0 saturated carbocycles. The van der Waals surface area contributed by atoms with Gasteiger partial charge in [-0.3, -0.25) is 9.69 Å². The van der Waals surface area contributed by atoms with Crippen LogP contribution >= 0.6 is 0 Å². The number of fused-ring (bicyclic) bond motifs is 3. The van der Waals surface area contributed by atoms with Gasteiger partial charge < -0.3 is 24.3 Å². The van der Waals surface area contributed by atoms with Gasteiger partial charge in [0.2, 0.25) is 5.91 Å². The van der Waals surface area contributed by atoms with Crippen LogP contribution in [0.2, 0.25) is 0 Å². The lowest BCUT2D eigenvalue weighted by atomic mass is 9.70. The van der Waals surface area contributed by atoms with E-state index in [-0.39, 0.29) is 23.9 Å². The molecule has 1 aromatic carbocycles. The van der Waals surface area contributed by atoms with Crippen molar-refractivity contribution in [3.8, 4) is 17.2 Å². The standard InChI is InChI=1S/C23H28N2O5/c1-12-14-8-18-23(10-15(12)25(18)11-13(14)6-7-27-2)19-20(24-22(23)26)16(28-3)9-17(29-4)21(19)30-5/h6,9,14-15,18H,1,7-8,10-11H2,2-5H3,(H,24,26)/t14-,15+,18+,23-/m0/s1.